The molecule has 0 aliphatic heterocycles. The minimum Gasteiger partial charge on any atom is -0.360 e. The zero-order valence-electron chi connectivity index (χ0n) is 11.7. The van der Waals surface area contributed by atoms with Crippen LogP contribution in [0.5, 0.6) is 0 Å². The van der Waals surface area contributed by atoms with Gasteiger partial charge in [-0.15, -0.1) is 0 Å². The molecule has 3 aromatic rings. The third-order valence-electron chi connectivity index (χ3n) is 3.26. The van der Waals surface area contributed by atoms with Gasteiger partial charge in [0.1, 0.15) is 5.82 Å². The summed E-state index contributed by atoms with van der Waals surface area (Å²) < 4.78 is 12.8. The molecule has 0 aliphatic carbocycles. The van der Waals surface area contributed by atoms with Crippen LogP contribution < -0.4 is 10.9 Å². The van der Waals surface area contributed by atoms with E-state index in [1.165, 1.54) is 30.5 Å². The number of rotatable bonds is 4. The highest BCUT2D eigenvalue weighted by Gasteiger charge is 2.20. The molecule has 116 valence electrons. The van der Waals surface area contributed by atoms with Gasteiger partial charge in [0.25, 0.3) is 5.78 Å². The minimum absolute atomic E-state index is 0.223. The lowest BCUT2D eigenvalue weighted by molar-refractivity contribution is -0.116. The Hall–Kier alpha value is -2.86. The van der Waals surface area contributed by atoms with Crippen molar-refractivity contribution in [2.45, 2.75) is 0 Å². The lowest BCUT2D eigenvalue weighted by Crippen LogP contribution is -2.35. The number of carbonyl (C=O) groups excluding carboxylic acids is 2. The van der Waals surface area contributed by atoms with Crippen LogP contribution in [0.4, 0.5) is 10.1 Å². The molecule has 0 bridgehead atoms. The van der Waals surface area contributed by atoms with E-state index in [0.29, 0.717) is 21.6 Å². The largest absolute Gasteiger partial charge is 0.360 e. The van der Waals surface area contributed by atoms with Crippen LogP contribution >= 0.6 is 11.6 Å². The number of ketones is 1. The molecule has 0 aliphatic rings. The van der Waals surface area contributed by atoms with E-state index in [0.717, 1.165) is 0 Å². The fourth-order valence-corrected chi connectivity index (χ4v) is 2.29. The number of aromatic amines is 1. The molecular weight excluding hydrogens is 321 g/mol. The van der Waals surface area contributed by atoms with Crippen LogP contribution in [-0.4, -0.2) is 16.7 Å². The van der Waals surface area contributed by atoms with Gasteiger partial charge in [-0.1, -0.05) is 11.6 Å². The van der Waals surface area contributed by atoms with E-state index >= 15 is 0 Å². The van der Waals surface area contributed by atoms with Crippen molar-refractivity contribution in [3.63, 3.8) is 0 Å². The van der Waals surface area contributed by atoms with Crippen LogP contribution in [0, 0.1) is 5.82 Å². The maximum Gasteiger partial charge on any atom is 0.310 e. The van der Waals surface area contributed by atoms with E-state index in [1.807, 2.05) is 0 Å². The molecule has 1 amide bonds. The summed E-state index contributed by atoms with van der Waals surface area (Å²) in [6.45, 7) is 0. The van der Waals surface area contributed by atoms with Crippen molar-refractivity contribution in [1.82, 2.24) is 10.4 Å². The zero-order chi connectivity index (χ0) is 16.4. The molecule has 0 saturated carbocycles. The normalized spacial score (nSPS) is 10.5. The van der Waals surface area contributed by atoms with Crippen LogP contribution in [0.2, 0.25) is 5.02 Å². The summed E-state index contributed by atoms with van der Waals surface area (Å²) in [6, 6.07) is 10.4. The number of anilines is 1. The molecule has 3 rings (SSSR count). The predicted molar refractivity (Wildman–Crippen MR) is 85.8 cm³/mol. The fourth-order valence-electron chi connectivity index (χ4n) is 2.12. The Morgan fingerprint density at radius 1 is 1.09 bits per heavy atom. The summed E-state index contributed by atoms with van der Waals surface area (Å²) in [6.07, 6.45) is 1.46. The maximum atomic E-state index is 12.8. The van der Waals surface area contributed by atoms with Crippen LogP contribution in [0.3, 0.4) is 0 Å². The molecule has 1 aromatic heterocycles. The summed E-state index contributed by atoms with van der Waals surface area (Å²) >= 11 is 5.92. The van der Waals surface area contributed by atoms with Gasteiger partial charge in [0.2, 0.25) is 0 Å². The predicted octanol–water partition coefficient (Wildman–Crippen LogP) is 3.29. The molecule has 23 heavy (non-hydrogen) atoms. The number of hydrogen-bond acceptors (Lipinski definition) is 3. The first-order chi connectivity index (χ1) is 11.0. The quantitative estimate of drug-likeness (QED) is 0.390. The number of aromatic nitrogens is 1. The average molecular weight is 332 g/mol. The number of Topliss-reactive ketones (excluding diaryl/α,β-unsaturated/α-hetero) is 1. The van der Waals surface area contributed by atoms with Gasteiger partial charge in [0.05, 0.1) is 11.3 Å². The van der Waals surface area contributed by atoms with Crippen molar-refractivity contribution in [1.29, 1.82) is 0 Å². The first kappa shape index (κ1) is 15.1. The van der Waals surface area contributed by atoms with Gasteiger partial charge in [-0.05, 0) is 42.5 Å². The van der Waals surface area contributed by atoms with Crippen LogP contribution in [0.15, 0.2) is 48.7 Å². The third-order valence-corrected chi connectivity index (χ3v) is 3.49. The van der Waals surface area contributed by atoms with Crippen LogP contribution in [0.25, 0.3) is 10.9 Å². The van der Waals surface area contributed by atoms with Gasteiger partial charge < -0.3 is 4.98 Å². The molecule has 0 spiro atoms. The molecule has 0 unspecified atom stereocenters. The molecule has 5 nitrogen and oxygen atoms in total. The lowest BCUT2D eigenvalue weighted by Gasteiger charge is -2.07. The van der Waals surface area contributed by atoms with Crippen molar-refractivity contribution >= 4 is 39.9 Å². The summed E-state index contributed by atoms with van der Waals surface area (Å²) in [4.78, 5) is 27.1. The molecule has 0 atom stereocenters. The Morgan fingerprint density at radius 3 is 2.57 bits per heavy atom. The van der Waals surface area contributed by atoms with Crippen molar-refractivity contribution < 1.29 is 14.0 Å². The zero-order valence-corrected chi connectivity index (χ0v) is 12.4. The second-order valence-corrected chi connectivity index (χ2v) is 5.24. The molecule has 2 aromatic carbocycles. The summed E-state index contributed by atoms with van der Waals surface area (Å²) in [5.74, 6) is -1.95. The Balaban J connectivity index is 1.75. The van der Waals surface area contributed by atoms with Gasteiger partial charge in [-0.2, -0.15) is 0 Å². The highest BCUT2D eigenvalue weighted by molar-refractivity contribution is 6.45. The Morgan fingerprint density at radius 2 is 1.83 bits per heavy atom. The Kier molecular flexibility index (Phi) is 3.99. The van der Waals surface area contributed by atoms with E-state index in [4.69, 9.17) is 11.6 Å². The van der Waals surface area contributed by atoms with Crippen molar-refractivity contribution in [3.05, 3.63) is 65.1 Å². The number of hydrazine groups is 1. The molecule has 0 fully saturated rings. The Bertz CT molecular complexity index is 890. The van der Waals surface area contributed by atoms with Crippen molar-refractivity contribution in [2.24, 2.45) is 0 Å². The minimum atomic E-state index is -0.838. The summed E-state index contributed by atoms with van der Waals surface area (Å²) in [5.41, 5.74) is 6.21. The number of halogens is 2. The van der Waals surface area contributed by atoms with E-state index in [9.17, 15) is 14.0 Å². The Labute approximate surface area is 135 Å². The van der Waals surface area contributed by atoms with E-state index in [-0.39, 0.29) is 5.56 Å². The maximum absolute atomic E-state index is 12.8. The van der Waals surface area contributed by atoms with E-state index in [2.05, 4.69) is 15.8 Å². The molecular formula is C16H11ClFN3O2. The van der Waals surface area contributed by atoms with Gasteiger partial charge in [0, 0.05) is 22.1 Å². The first-order valence-corrected chi connectivity index (χ1v) is 7.05. The number of fused-ring (bicyclic) bond motifs is 1. The van der Waals surface area contributed by atoms with E-state index < -0.39 is 17.5 Å². The molecule has 0 radical (unpaired) electrons. The fraction of sp³-hybridized carbons (Fsp3) is 0. The van der Waals surface area contributed by atoms with Crippen LogP contribution in [0.1, 0.15) is 10.4 Å². The number of benzene rings is 2. The van der Waals surface area contributed by atoms with Gasteiger partial charge >= 0.3 is 5.91 Å². The number of carbonyl (C=O) groups is 2. The number of hydrogen-bond donors (Lipinski definition) is 3. The summed E-state index contributed by atoms with van der Waals surface area (Å²) in [7, 11) is 0. The smallest absolute Gasteiger partial charge is 0.310 e. The molecule has 3 N–H and O–H groups in total. The third kappa shape index (κ3) is 3.17. The number of nitrogens with one attached hydrogen (secondary N) is 3. The average Bonchev–Trinajstić information content (AvgIpc) is 2.96. The molecule has 7 heteroatoms. The second-order valence-electron chi connectivity index (χ2n) is 4.81. The highest BCUT2D eigenvalue weighted by atomic mass is 35.5. The second kappa shape index (κ2) is 6.10. The number of H-pyrrole nitrogens is 1. The highest BCUT2D eigenvalue weighted by Crippen LogP contribution is 2.22. The summed E-state index contributed by atoms with van der Waals surface area (Å²) in [5, 5.41) is 1.04. The van der Waals surface area contributed by atoms with Gasteiger partial charge in [-0.3, -0.25) is 20.4 Å². The SMILES string of the molecule is O=C(NNc1ccc(F)cc1)C(=O)c1c[nH]c2ccc(Cl)cc12. The van der Waals surface area contributed by atoms with Gasteiger partial charge in [-0.25, -0.2) is 4.39 Å². The van der Waals surface area contributed by atoms with Crippen molar-refractivity contribution in [3.8, 4) is 0 Å². The topological polar surface area (TPSA) is 74.0 Å². The van der Waals surface area contributed by atoms with Gasteiger partial charge in [0.15, 0.2) is 0 Å². The van der Waals surface area contributed by atoms with Crippen LogP contribution in [-0.2, 0) is 4.79 Å². The lowest BCUT2D eigenvalue weighted by atomic mass is 10.1. The molecule has 1 heterocycles. The standard InChI is InChI=1S/C16H11ClFN3O2/c17-9-1-6-14-12(7-9)13(8-19-14)15(22)16(23)21-20-11-4-2-10(18)3-5-11/h1-8,19-20H,(H,21,23). The first-order valence-electron chi connectivity index (χ1n) is 6.67. The monoisotopic (exact) mass is 331 g/mol. The van der Waals surface area contributed by atoms with E-state index in [1.54, 1.807) is 18.2 Å². The van der Waals surface area contributed by atoms with Crippen molar-refractivity contribution in [2.75, 3.05) is 5.43 Å². The molecule has 0 saturated heterocycles. The number of amides is 1.